The van der Waals surface area contributed by atoms with Gasteiger partial charge in [0.1, 0.15) is 0 Å². The second kappa shape index (κ2) is 6.18. The molecule has 5 nitrogen and oxygen atoms in total. The van der Waals surface area contributed by atoms with Gasteiger partial charge in [0.2, 0.25) is 5.91 Å². The van der Waals surface area contributed by atoms with Gasteiger partial charge in [-0.2, -0.15) is 13.2 Å². The molecule has 0 saturated carbocycles. The summed E-state index contributed by atoms with van der Waals surface area (Å²) in [6, 6.07) is 0. The van der Waals surface area contributed by atoms with E-state index in [9.17, 15) is 18.0 Å². The Morgan fingerprint density at radius 1 is 1.53 bits per heavy atom. The first-order chi connectivity index (χ1) is 7.92. The zero-order chi connectivity index (χ0) is 12.9. The van der Waals surface area contributed by atoms with E-state index >= 15 is 0 Å². The summed E-state index contributed by atoms with van der Waals surface area (Å²) in [4.78, 5) is 12.9. The third kappa shape index (κ3) is 5.33. The summed E-state index contributed by atoms with van der Waals surface area (Å²) in [5.41, 5.74) is 0. The summed E-state index contributed by atoms with van der Waals surface area (Å²) >= 11 is 0. The summed E-state index contributed by atoms with van der Waals surface area (Å²) < 4.78 is 40.6. The Morgan fingerprint density at radius 3 is 2.82 bits per heavy atom. The average Bonchev–Trinajstić information content (AvgIpc) is 2.27. The van der Waals surface area contributed by atoms with Gasteiger partial charge >= 0.3 is 6.18 Å². The van der Waals surface area contributed by atoms with Crippen LogP contribution >= 0.6 is 0 Å². The van der Waals surface area contributed by atoms with E-state index in [-0.39, 0.29) is 26.3 Å². The van der Waals surface area contributed by atoms with Gasteiger partial charge in [-0.05, 0) is 0 Å². The number of carbonyl (C=O) groups is 1. The van der Waals surface area contributed by atoms with E-state index in [0.29, 0.717) is 6.54 Å². The van der Waals surface area contributed by atoms with Crippen LogP contribution in [0.4, 0.5) is 13.2 Å². The van der Waals surface area contributed by atoms with E-state index < -0.39 is 24.7 Å². The number of ether oxygens (including phenoxy) is 1. The van der Waals surface area contributed by atoms with Crippen molar-refractivity contribution < 1.29 is 27.8 Å². The number of alkyl halides is 3. The van der Waals surface area contributed by atoms with Crippen LogP contribution in [0, 0.1) is 0 Å². The van der Waals surface area contributed by atoms with Crippen LogP contribution in [-0.2, 0) is 9.53 Å². The van der Waals surface area contributed by atoms with Crippen molar-refractivity contribution in [3.8, 4) is 0 Å². The van der Waals surface area contributed by atoms with E-state index in [2.05, 4.69) is 0 Å². The molecule has 1 amide bonds. The Bertz CT molecular complexity index is 260. The standard InChI is InChI=1S/C9H15F3N2O3/c10-9(11,12)6-13-3-8(16)14-1-2-17-7(4-14)5-15/h7,13,15H,1-6H2. The Balaban J connectivity index is 2.27. The second-order valence-electron chi connectivity index (χ2n) is 3.73. The lowest BCUT2D eigenvalue weighted by atomic mass is 10.3. The monoisotopic (exact) mass is 256 g/mol. The highest BCUT2D eigenvalue weighted by molar-refractivity contribution is 5.78. The number of aliphatic hydroxyl groups is 1. The van der Waals surface area contributed by atoms with Crippen LogP contribution in [0.1, 0.15) is 0 Å². The molecule has 2 N–H and O–H groups in total. The van der Waals surface area contributed by atoms with E-state index in [4.69, 9.17) is 9.84 Å². The molecule has 0 bridgehead atoms. The molecule has 0 spiro atoms. The number of hydrogen-bond acceptors (Lipinski definition) is 4. The first-order valence-corrected chi connectivity index (χ1v) is 5.20. The van der Waals surface area contributed by atoms with Gasteiger partial charge < -0.3 is 20.1 Å². The molecule has 1 aliphatic rings. The van der Waals surface area contributed by atoms with Crippen molar-refractivity contribution in [2.45, 2.75) is 12.3 Å². The van der Waals surface area contributed by atoms with Gasteiger partial charge in [-0.1, -0.05) is 0 Å². The van der Waals surface area contributed by atoms with Crippen molar-refractivity contribution in [2.75, 3.05) is 39.4 Å². The molecule has 100 valence electrons. The Kier molecular flexibility index (Phi) is 5.16. The number of hydrogen-bond donors (Lipinski definition) is 2. The lowest BCUT2D eigenvalue weighted by molar-refractivity contribution is -0.141. The lowest BCUT2D eigenvalue weighted by Gasteiger charge is -2.32. The van der Waals surface area contributed by atoms with E-state index in [0.717, 1.165) is 0 Å². The maximum absolute atomic E-state index is 11.8. The minimum atomic E-state index is -4.32. The summed E-state index contributed by atoms with van der Waals surface area (Å²) in [6.07, 6.45) is -4.77. The fourth-order valence-electron chi connectivity index (χ4n) is 1.48. The van der Waals surface area contributed by atoms with E-state index in [1.54, 1.807) is 0 Å². The molecule has 1 saturated heterocycles. The van der Waals surface area contributed by atoms with Crippen molar-refractivity contribution in [3.05, 3.63) is 0 Å². The summed E-state index contributed by atoms with van der Waals surface area (Å²) in [5, 5.41) is 10.9. The van der Waals surface area contributed by atoms with Crippen molar-refractivity contribution in [1.29, 1.82) is 0 Å². The van der Waals surface area contributed by atoms with E-state index in [1.165, 1.54) is 4.90 Å². The molecule has 1 heterocycles. The van der Waals surface area contributed by atoms with Crippen molar-refractivity contribution >= 4 is 5.91 Å². The molecule has 1 aliphatic heterocycles. The van der Waals surface area contributed by atoms with Crippen molar-refractivity contribution in [2.24, 2.45) is 0 Å². The summed E-state index contributed by atoms with van der Waals surface area (Å²) in [7, 11) is 0. The van der Waals surface area contributed by atoms with Gasteiger partial charge in [0.15, 0.2) is 0 Å². The summed E-state index contributed by atoms with van der Waals surface area (Å²) in [6.45, 7) is -0.924. The van der Waals surface area contributed by atoms with E-state index in [1.807, 2.05) is 5.32 Å². The summed E-state index contributed by atoms with van der Waals surface area (Å²) in [5.74, 6) is -0.420. The van der Waals surface area contributed by atoms with Gasteiger partial charge in [0.05, 0.1) is 32.4 Å². The highest BCUT2D eigenvalue weighted by atomic mass is 19.4. The molecule has 1 unspecified atom stereocenters. The molecule has 1 atom stereocenters. The molecule has 8 heteroatoms. The number of nitrogens with one attached hydrogen (secondary N) is 1. The zero-order valence-electron chi connectivity index (χ0n) is 9.16. The molecule has 1 rings (SSSR count). The fraction of sp³-hybridized carbons (Fsp3) is 0.889. The number of carbonyl (C=O) groups excluding carboxylic acids is 1. The van der Waals surface area contributed by atoms with Crippen LogP contribution in [0.3, 0.4) is 0 Å². The predicted octanol–water partition coefficient (Wildman–Crippen LogP) is -0.642. The number of amides is 1. The Morgan fingerprint density at radius 2 is 2.24 bits per heavy atom. The molecular weight excluding hydrogens is 241 g/mol. The second-order valence-corrected chi connectivity index (χ2v) is 3.73. The predicted molar refractivity (Wildman–Crippen MR) is 52.3 cm³/mol. The third-order valence-electron chi connectivity index (χ3n) is 2.30. The van der Waals surface area contributed by atoms with Gasteiger partial charge in [0, 0.05) is 13.1 Å². The maximum Gasteiger partial charge on any atom is 0.401 e. The van der Waals surface area contributed by atoms with Crippen LogP contribution in [0.2, 0.25) is 0 Å². The minimum absolute atomic E-state index is 0.209. The highest BCUT2D eigenvalue weighted by Crippen LogP contribution is 2.12. The first-order valence-electron chi connectivity index (χ1n) is 5.20. The highest BCUT2D eigenvalue weighted by Gasteiger charge is 2.28. The number of aliphatic hydroxyl groups excluding tert-OH is 1. The van der Waals surface area contributed by atoms with Crippen LogP contribution in [0.5, 0.6) is 0 Å². The fourth-order valence-corrected chi connectivity index (χ4v) is 1.48. The molecule has 0 radical (unpaired) electrons. The van der Waals surface area contributed by atoms with Gasteiger partial charge in [-0.3, -0.25) is 4.79 Å². The van der Waals surface area contributed by atoms with Crippen molar-refractivity contribution in [3.63, 3.8) is 0 Å². The molecule has 1 fully saturated rings. The number of morpholine rings is 1. The average molecular weight is 256 g/mol. The first kappa shape index (κ1) is 14.2. The smallest absolute Gasteiger partial charge is 0.394 e. The number of halogens is 3. The molecular formula is C9H15F3N2O3. The third-order valence-corrected chi connectivity index (χ3v) is 2.30. The Hall–Kier alpha value is -0.860. The number of nitrogens with zero attached hydrogens (tertiary/aromatic N) is 1. The normalized spacial score (nSPS) is 21.6. The molecule has 17 heavy (non-hydrogen) atoms. The zero-order valence-corrected chi connectivity index (χ0v) is 9.16. The quantitative estimate of drug-likeness (QED) is 0.702. The van der Waals surface area contributed by atoms with Gasteiger partial charge in [0.25, 0.3) is 0 Å². The van der Waals surface area contributed by atoms with Crippen LogP contribution in [-0.4, -0.2) is 67.6 Å². The Labute approximate surface area is 96.5 Å². The molecule has 0 aromatic heterocycles. The molecule has 0 aliphatic carbocycles. The topological polar surface area (TPSA) is 61.8 Å². The van der Waals surface area contributed by atoms with Crippen LogP contribution < -0.4 is 5.32 Å². The van der Waals surface area contributed by atoms with Gasteiger partial charge in [-0.15, -0.1) is 0 Å². The van der Waals surface area contributed by atoms with Gasteiger partial charge in [-0.25, -0.2) is 0 Å². The van der Waals surface area contributed by atoms with Crippen molar-refractivity contribution in [1.82, 2.24) is 10.2 Å². The largest absolute Gasteiger partial charge is 0.401 e. The molecule has 0 aromatic rings. The minimum Gasteiger partial charge on any atom is -0.394 e. The maximum atomic E-state index is 11.8. The number of rotatable bonds is 4. The molecule has 0 aromatic carbocycles. The van der Waals surface area contributed by atoms with Crippen LogP contribution in [0.15, 0.2) is 0 Å². The lowest BCUT2D eigenvalue weighted by Crippen LogP contribution is -2.50. The SMILES string of the molecule is O=C(CNCC(F)(F)F)N1CCOC(CO)C1. The van der Waals surface area contributed by atoms with Crippen LogP contribution in [0.25, 0.3) is 0 Å².